The quantitative estimate of drug-likeness (QED) is 0.185. The molecule has 0 bridgehead atoms. The molecule has 1 N–H and O–H groups in total. The zero-order valence-electron chi connectivity index (χ0n) is 25.9. The summed E-state index contributed by atoms with van der Waals surface area (Å²) < 4.78 is 15.5. The monoisotopic (exact) mass is 612 g/mol. The van der Waals surface area contributed by atoms with Crippen molar-refractivity contribution in [3.05, 3.63) is 149 Å². The van der Waals surface area contributed by atoms with Gasteiger partial charge in [-0.2, -0.15) is 5.10 Å². The number of aromatic nitrogens is 4. The fourth-order valence-corrected chi connectivity index (χ4v) is 7.21. The average molecular weight is 613 g/mol. The maximum Gasteiger partial charge on any atom is 0.318 e. The second-order valence-corrected chi connectivity index (χ2v) is 12.7. The summed E-state index contributed by atoms with van der Waals surface area (Å²) in [5.74, 6) is 0.100. The summed E-state index contributed by atoms with van der Waals surface area (Å²) in [6.07, 6.45) is 15.1. The van der Waals surface area contributed by atoms with Crippen molar-refractivity contribution in [3.63, 3.8) is 0 Å². The van der Waals surface area contributed by atoms with Gasteiger partial charge in [0.1, 0.15) is 5.82 Å². The van der Waals surface area contributed by atoms with E-state index >= 15 is 0 Å². The molecule has 8 heteroatoms. The molecule has 0 aliphatic heterocycles. The van der Waals surface area contributed by atoms with Gasteiger partial charge in [0, 0.05) is 37.9 Å². The summed E-state index contributed by atoms with van der Waals surface area (Å²) in [7, 11) is 0. The molecule has 7 rings (SSSR count). The minimum Gasteiger partial charge on any atom is -0.331 e. The number of pyridine rings is 2. The molecule has 1 fully saturated rings. The fourth-order valence-electron chi connectivity index (χ4n) is 7.21. The van der Waals surface area contributed by atoms with Crippen LogP contribution in [0.15, 0.2) is 115 Å². The summed E-state index contributed by atoms with van der Waals surface area (Å²) in [5.41, 5.74) is 7.53. The Kier molecular flexibility index (Phi) is 8.18. The number of rotatable bonds is 9. The lowest BCUT2D eigenvalue weighted by molar-refractivity contribution is 0.179. The van der Waals surface area contributed by atoms with Crippen molar-refractivity contribution in [1.82, 2.24) is 30.0 Å². The molecule has 0 radical (unpaired) electrons. The van der Waals surface area contributed by atoms with E-state index in [0.717, 1.165) is 53.8 Å². The minimum atomic E-state index is -0.258. The van der Waals surface area contributed by atoms with Gasteiger partial charge in [-0.1, -0.05) is 55.0 Å². The highest BCUT2D eigenvalue weighted by Crippen LogP contribution is 2.55. The number of hydrogen-bond donors (Lipinski definition) is 1. The SMILES string of the molecule is CC12Cc3cnn(-c4ccc(F)cc4)c3C=C1CCC2CC(NC(=O)N(Cc1cccnc1)Cc1cccnc1)c1ccccc1. The van der Waals surface area contributed by atoms with Gasteiger partial charge < -0.3 is 10.2 Å². The lowest BCUT2D eigenvalue weighted by Crippen LogP contribution is -2.42. The summed E-state index contributed by atoms with van der Waals surface area (Å²) >= 11 is 0. The number of amides is 2. The van der Waals surface area contributed by atoms with Crippen LogP contribution in [0.5, 0.6) is 0 Å². The molecule has 3 heterocycles. The van der Waals surface area contributed by atoms with E-state index < -0.39 is 0 Å². The Hall–Kier alpha value is -5.11. The molecule has 3 unspecified atom stereocenters. The second-order valence-electron chi connectivity index (χ2n) is 12.7. The standard InChI is InChI=1S/C38H37FN6O/c1-38-21-30-24-42-45(34-15-13-33(39)14-16-34)36(30)20-32(38)12-11-31(38)19-35(29-9-3-2-4-10-29)43-37(46)44(25-27-7-5-17-40-22-27)26-28-8-6-18-41-23-28/h2-10,13-18,20,22-24,31,35H,11-12,19,21,25-26H2,1H3,(H,43,46). The lowest BCUT2D eigenvalue weighted by atomic mass is 9.68. The Labute approximate surface area is 268 Å². The van der Waals surface area contributed by atoms with E-state index in [9.17, 15) is 9.18 Å². The molecule has 2 amide bonds. The number of carbonyl (C=O) groups excluding carboxylic acids is 1. The smallest absolute Gasteiger partial charge is 0.318 e. The number of nitrogens with one attached hydrogen (secondary N) is 1. The number of allylic oxidation sites excluding steroid dienone is 1. The maximum atomic E-state index is 14.1. The first-order chi connectivity index (χ1) is 22.5. The van der Waals surface area contributed by atoms with Crippen LogP contribution in [-0.2, 0) is 19.5 Å². The maximum absolute atomic E-state index is 14.1. The van der Waals surface area contributed by atoms with E-state index in [4.69, 9.17) is 5.10 Å². The third-order valence-electron chi connectivity index (χ3n) is 9.72. The van der Waals surface area contributed by atoms with Crippen molar-refractivity contribution in [1.29, 1.82) is 0 Å². The van der Waals surface area contributed by atoms with Crippen LogP contribution in [0.3, 0.4) is 0 Å². The number of nitrogens with zero attached hydrogens (tertiary/aromatic N) is 5. The Bertz CT molecular complexity index is 1780. The predicted octanol–water partition coefficient (Wildman–Crippen LogP) is 7.70. The highest BCUT2D eigenvalue weighted by molar-refractivity contribution is 5.75. The lowest BCUT2D eigenvalue weighted by Gasteiger charge is -2.38. The molecule has 1 saturated carbocycles. The van der Waals surface area contributed by atoms with E-state index in [-0.39, 0.29) is 23.3 Å². The summed E-state index contributed by atoms with van der Waals surface area (Å²) in [6.45, 7) is 3.24. The van der Waals surface area contributed by atoms with Gasteiger partial charge in [-0.25, -0.2) is 13.9 Å². The van der Waals surface area contributed by atoms with Gasteiger partial charge >= 0.3 is 6.03 Å². The topological polar surface area (TPSA) is 75.9 Å². The van der Waals surface area contributed by atoms with E-state index in [1.807, 2.05) is 58.2 Å². The van der Waals surface area contributed by atoms with Gasteiger partial charge in [0.2, 0.25) is 0 Å². The molecule has 3 atom stereocenters. The zero-order chi connectivity index (χ0) is 31.5. The number of carbonyl (C=O) groups is 1. The van der Waals surface area contributed by atoms with E-state index in [1.165, 1.54) is 23.3 Å². The van der Waals surface area contributed by atoms with Crippen molar-refractivity contribution < 1.29 is 9.18 Å². The van der Waals surface area contributed by atoms with Crippen LogP contribution in [0.2, 0.25) is 0 Å². The second kappa shape index (κ2) is 12.7. The van der Waals surface area contributed by atoms with E-state index in [0.29, 0.717) is 19.0 Å². The number of fused-ring (bicyclic) bond motifs is 2. The average Bonchev–Trinajstić information content (AvgIpc) is 3.63. The highest BCUT2D eigenvalue weighted by Gasteiger charge is 2.46. The predicted molar refractivity (Wildman–Crippen MR) is 176 cm³/mol. The minimum absolute atomic E-state index is 0.0491. The molecule has 5 aromatic rings. The van der Waals surface area contributed by atoms with Crippen molar-refractivity contribution in [2.45, 2.75) is 51.7 Å². The highest BCUT2D eigenvalue weighted by atomic mass is 19.1. The molecule has 2 aliphatic rings. The van der Waals surface area contributed by atoms with Crippen LogP contribution in [0.1, 0.15) is 60.2 Å². The number of urea groups is 1. The summed E-state index contributed by atoms with van der Waals surface area (Å²) in [5, 5.41) is 8.14. The molecule has 0 spiro atoms. The van der Waals surface area contributed by atoms with Crippen molar-refractivity contribution in [2.24, 2.45) is 11.3 Å². The summed E-state index contributed by atoms with van der Waals surface area (Å²) in [4.78, 5) is 24.5. The van der Waals surface area contributed by atoms with Crippen LogP contribution >= 0.6 is 0 Å². The Morgan fingerprint density at radius 3 is 2.30 bits per heavy atom. The Morgan fingerprint density at radius 2 is 1.65 bits per heavy atom. The zero-order valence-corrected chi connectivity index (χ0v) is 25.9. The molecule has 46 heavy (non-hydrogen) atoms. The number of hydrogen-bond acceptors (Lipinski definition) is 4. The fraction of sp³-hybridized carbons (Fsp3) is 0.263. The van der Waals surface area contributed by atoms with Gasteiger partial charge in [0.05, 0.1) is 23.6 Å². The molecule has 7 nitrogen and oxygen atoms in total. The molecular weight excluding hydrogens is 575 g/mol. The number of benzene rings is 2. The van der Waals surface area contributed by atoms with E-state index in [2.05, 4.69) is 40.4 Å². The van der Waals surface area contributed by atoms with Crippen LogP contribution in [0, 0.1) is 17.2 Å². The first kappa shape index (κ1) is 29.6. The van der Waals surface area contributed by atoms with E-state index in [1.54, 1.807) is 36.9 Å². The molecular formula is C38H37FN6O. The van der Waals surface area contributed by atoms with Gasteiger partial charge in [-0.3, -0.25) is 9.97 Å². The van der Waals surface area contributed by atoms with Crippen LogP contribution in [-0.4, -0.2) is 30.7 Å². The molecule has 3 aromatic heterocycles. The normalized spacial score (nSPS) is 19.1. The molecule has 2 aromatic carbocycles. The molecule has 2 aliphatic carbocycles. The molecule has 232 valence electrons. The van der Waals surface area contributed by atoms with Gasteiger partial charge in [0.15, 0.2) is 0 Å². The Balaban J connectivity index is 1.14. The summed E-state index contributed by atoms with van der Waals surface area (Å²) in [6, 6.07) is 24.3. The van der Waals surface area contributed by atoms with Crippen LogP contribution in [0.4, 0.5) is 9.18 Å². The van der Waals surface area contributed by atoms with Crippen LogP contribution in [0.25, 0.3) is 11.8 Å². The third-order valence-corrected chi connectivity index (χ3v) is 9.72. The third kappa shape index (κ3) is 6.07. The molecule has 0 saturated heterocycles. The largest absolute Gasteiger partial charge is 0.331 e. The van der Waals surface area contributed by atoms with Gasteiger partial charge in [-0.15, -0.1) is 0 Å². The number of halogens is 1. The van der Waals surface area contributed by atoms with Crippen molar-refractivity contribution in [3.8, 4) is 5.69 Å². The van der Waals surface area contributed by atoms with Crippen molar-refractivity contribution in [2.75, 3.05) is 0 Å². The first-order valence-electron chi connectivity index (χ1n) is 15.9. The van der Waals surface area contributed by atoms with Crippen molar-refractivity contribution >= 4 is 12.1 Å². The van der Waals surface area contributed by atoms with Gasteiger partial charge in [0.25, 0.3) is 0 Å². The van der Waals surface area contributed by atoms with Gasteiger partial charge in [-0.05, 0) is 102 Å². The Morgan fingerprint density at radius 1 is 0.957 bits per heavy atom. The van der Waals surface area contributed by atoms with Crippen LogP contribution < -0.4 is 5.32 Å². The first-order valence-corrected chi connectivity index (χ1v) is 15.9.